The Hall–Kier alpha value is -1.35. The summed E-state index contributed by atoms with van der Waals surface area (Å²) in [4.78, 5) is 0. The lowest BCUT2D eigenvalue weighted by molar-refractivity contribution is 0.857. The van der Waals surface area contributed by atoms with Gasteiger partial charge in [0, 0.05) is 11.6 Å². The van der Waals surface area contributed by atoms with Gasteiger partial charge in [-0.2, -0.15) is 0 Å². The quantitative estimate of drug-likeness (QED) is 0.780. The molecule has 3 nitrogen and oxygen atoms in total. The number of rotatable bonds is 3. The van der Waals surface area contributed by atoms with Gasteiger partial charge in [-0.25, -0.2) is 0 Å². The summed E-state index contributed by atoms with van der Waals surface area (Å²) in [6.07, 6.45) is 2.43. The Morgan fingerprint density at radius 1 is 1.24 bits per heavy atom. The third kappa shape index (κ3) is 1.95. The summed E-state index contributed by atoms with van der Waals surface area (Å²) in [7, 11) is 0. The Bertz CT molecular complexity index is 526. The van der Waals surface area contributed by atoms with Gasteiger partial charge in [0.2, 0.25) is 0 Å². The highest BCUT2D eigenvalue weighted by atomic mass is 35.5. The fourth-order valence-corrected chi connectivity index (χ4v) is 2.17. The van der Waals surface area contributed by atoms with Crippen molar-refractivity contribution < 1.29 is 0 Å². The van der Waals surface area contributed by atoms with Gasteiger partial charge >= 0.3 is 0 Å². The summed E-state index contributed by atoms with van der Waals surface area (Å²) in [6, 6.07) is 8.40. The standard InChI is InChI=1S/C13H14ClN3/c1-9-2-6-11(7-3-9)17-12(8-14)15-16-13(17)10-4-5-10/h2-3,6-7,10H,4-5,8H2,1H3. The zero-order valence-electron chi connectivity index (χ0n) is 9.73. The first-order valence-corrected chi connectivity index (χ1v) is 6.40. The molecule has 1 aromatic heterocycles. The molecule has 1 heterocycles. The maximum Gasteiger partial charge on any atom is 0.152 e. The minimum Gasteiger partial charge on any atom is -0.282 e. The highest BCUT2D eigenvalue weighted by Gasteiger charge is 2.30. The first kappa shape index (κ1) is 10.8. The summed E-state index contributed by atoms with van der Waals surface area (Å²) >= 11 is 5.93. The van der Waals surface area contributed by atoms with Crippen molar-refractivity contribution in [1.82, 2.24) is 14.8 Å². The number of aromatic nitrogens is 3. The zero-order chi connectivity index (χ0) is 11.8. The molecule has 1 aromatic carbocycles. The Morgan fingerprint density at radius 3 is 2.53 bits per heavy atom. The van der Waals surface area contributed by atoms with Crippen molar-refractivity contribution in [3.8, 4) is 5.69 Å². The van der Waals surface area contributed by atoms with E-state index in [1.165, 1.54) is 18.4 Å². The van der Waals surface area contributed by atoms with Crippen molar-refractivity contribution in [2.24, 2.45) is 0 Å². The van der Waals surface area contributed by atoms with Crippen molar-refractivity contribution in [2.45, 2.75) is 31.6 Å². The third-order valence-electron chi connectivity index (χ3n) is 3.11. The molecular formula is C13H14ClN3. The lowest BCUT2D eigenvalue weighted by Gasteiger charge is -2.08. The van der Waals surface area contributed by atoms with E-state index in [0.29, 0.717) is 11.8 Å². The van der Waals surface area contributed by atoms with Crippen molar-refractivity contribution in [1.29, 1.82) is 0 Å². The molecule has 4 heteroatoms. The zero-order valence-corrected chi connectivity index (χ0v) is 10.5. The number of halogens is 1. The van der Waals surface area contributed by atoms with E-state index in [2.05, 4.69) is 46.0 Å². The molecule has 17 heavy (non-hydrogen) atoms. The molecule has 1 fully saturated rings. The minimum atomic E-state index is 0.396. The van der Waals surface area contributed by atoms with Crippen LogP contribution in [0.3, 0.4) is 0 Å². The second-order valence-electron chi connectivity index (χ2n) is 4.55. The second-order valence-corrected chi connectivity index (χ2v) is 4.82. The number of benzene rings is 1. The van der Waals surface area contributed by atoms with Crippen LogP contribution in [0.1, 0.15) is 36.0 Å². The molecule has 0 bridgehead atoms. The van der Waals surface area contributed by atoms with E-state index >= 15 is 0 Å². The maximum atomic E-state index is 5.93. The molecule has 0 N–H and O–H groups in total. The molecule has 0 saturated heterocycles. The first-order chi connectivity index (χ1) is 8.29. The monoisotopic (exact) mass is 247 g/mol. The fraction of sp³-hybridized carbons (Fsp3) is 0.385. The van der Waals surface area contributed by atoms with Gasteiger partial charge in [0.25, 0.3) is 0 Å². The minimum absolute atomic E-state index is 0.396. The smallest absolute Gasteiger partial charge is 0.152 e. The van der Waals surface area contributed by atoms with Crippen molar-refractivity contribution in [3.05, 3.63) is 41.5 Å². The molecule has 0 radical (unpaired) electrons. The van der Waals surface area contributed by atoms with Crippen LogP contribution in [0.5, 0.6) is 0 Å². The van der Waals surface area contributed by atoms with Gasteiger partial charge in [-0.15, -0.1) is 21.8 Å². The molecule has 0 spiro atoms. The van der Waals surface area contributed by atoms with Gasteiger partial charge in [-0.3, -0.25) is 4.57 Å². The van der Waals surface area contributed by atoms with Gasteiger partial charge in [0.05, 0.1) is 5.88 Å². The van der Waals surface area contributed by atoms with Gasteiger partial charge in [-0.1, -0.05) is 17.7 Å². The average molecular weight is 248 g/mol. The molecule has 0 unspecified atom stereocenters. The molecule has 3 rings (SSSR count). The van der Waals surface area contributed by atoms with Crippen molar-refractivity contribution in [2.75, 3.05) is 0 Å². The normalized spacial score (nSPS) is 15.2. The van der Waals surface area contributed by atoms with Gasteiger partial charge < -0.3 is 0 Å². The van der Waals surface area contributed by atoms with E-state index < -0.39 is 0 Å². The summed E-state index contributed by atoms with van der Waals surface area (Å²) < 4.78 is 2.10. The third-order valence-corrected chi connectivity index (χ3v) is 3.35. The van der Waals surface area contributed by atoms with Crippen LogP contribution < -0.4 is 0 Å². The lowest BCUT2D eigenvalue weighted by atomic mass is 10.2. The van der Waals surface area contributed by atoms with E-state index in [-0.39, 0.29) is 0 Å². The topological polar surface area (TPSA) is 30.7 Å². The van der Waals surface area contributed by atoms with E-state index in [1.54, 1.807) is 0 Å². The summed E-state index contributed by atoms with van der Waals surface area (Å²) in [6.45, 7) is 2.08. The molecule has 0 amide bonds. The Balaban J connectivity index is 2.10. The van der Waals surface area contributed by atoms with Gasteiger partial charge in [0.15, 0.2) is 5.82 Å². The summed E-state index contributed by atoms with van der Waals surface area (Å²) in [5.74, 6) is 2.86. The highest BCUT2D eigenvalue weighted by molar-refractivity contribution is 6.16. The number of aryl methyl sites for hydroxylation is 1. The SMILES string of the molecule is Cc1ccc(-n2c(CCl)nnc2C2CC2)cc1. The van der Waals surface area contributed by atoms with Crippen LogP contribution in [-0.2, 0) is 5.88 Å². The molecule has 1 aliphatic carbocycles. The number of nitrogens with zero attached hydrogens (tertiary/aromatic N) is 3. The Kier molecular flexibility index (Phi) is 2.63. The van der Waals surface area contributed by atoms with E-state index in [0.717, 1.165) is 17.3 Å². The Morgan fingerprint density at radius 2 is 1.94 bits per heavy atom. The van der Waals surface area contributed by atoms with Gasteiger partial charge in [0.1, 0.15) is 5.82 Å². The van der Waals surface area contributed by atoms with E-state index in [9.17, 15) is 0 Å². The van der Waals surface area contributed by atoms with Crippen LogP contribution >= 0.6 is 11.6 Å². The largest absolute Gasteiger partial charge is 0.282 e. The van der Waals surface area contributed by atoms with Crippen LogP contribution in [0, 0.1) is 6.92 Å². The predicted octanol–water partition coefficient (Wildman–Crippen LogP) is 3.19. The first-order valence-electron chi connectivity index (χ1n) is 5.87. The molecule has 1 saturated carbocycles. The second kappa shape index (κ2) is 4.15. The molecule has 88 valence electrons. The van der Waals surface area contributed by atoms with Gasteiger partial charge in [-0.05, 0) is 31.9 Å². The van der Waals surface area contributed by atoms with Crippen LogP contribution in [0.4, 0.5) is 0 Å². The lowest BCUT2D eigenvalue weighted by Crippen LogP contribution is -2.03. The summed E-state index contributed by atoms with van der Waals surface area (Å²) in [5.41, 5.74) is 2.36. The van der Waals surface area contributed by atoms with E-state index in [1.807, 2.05) is 0 Å². The molecular weight excluding hydrogens is 234 g/mol. The molecule has 1 aliphatic rings. The number of alkyl halides is 1. The van der Waals surface area contributed by atoms with Crippen molar-refractivity contribution >= 4 is 11.6 Å². The Labute approximate surface area is 105 Å². The molecule has 2 aromatic rings. The van der Waals surface area contributed by atoms with Crippen LogP contribution in [-0.4, -0.2) is 14.8 Å². The molecule has 0 atom stereocenters. The predicted molar refractivity (Wildman–Crippen MR) is 67.6 cm³/mol. The number of hydrogen-bond donors (Lipinski definition) is 0. The van der Waals surface area contributed by atoms with Crippen LogP contribution in [0.2, 0.25) is 0 Å². The fourth-order valence-electron chi connectivity index (χ4n) is 2.00. The highest BCUT2D eigenvalue weighted by Crippen LogP contribution is 2.40. The number of hydrogen-bond acceptors (Lipinski definition) is 2. The molecule has 0 aliphatic heterocycles. The van der Waals surface area contributed by atoms with Crippen LogP contribution in [0.15, 0.2) is 24.3 Å². The summed E-state index contributed by atoms with van der Waals surface area (Å²) in [5, 5.41) is 8.45. The van der Waals surface area contributed by atoms with Crippen molar-refractivity contribution in [3.63, 3.8) is 0 Å². The van der Waals surface area contributed by atoms with E-state index in [4.69, 9.17) is 11.6 Å². The average Bonchev–Trinajstić information content (AvgIpc) is 3.10. The maximum absolute atomic E-state index is 5.93. The van der Waals surface area contributed by atoms with Crippen LogP contribution in [0.25, 0.3) is 5.69 Å².